The number of ether oxygens (including phenoxy) is 1. The minimum absolute atomic E-state index is 1.01. The minimum Gasteiger partial charge on any atom is -0.496 e. The van der Waals surface area contributed by atoms with Crippen LogP contribution in [0.2, 0.25) is 0 Å². The molecular weight excluding hydrogens is 390 g/mol. The summed E-state index contributed by atoms with van der Waals surface area (Å²) in [5.74, 6) is 1.06. The number of hydrogen-bond acceptors (Lipinski definition) is 1. The van der Waals surface area contributed by atoms with E-state index in [4.69, 9.17) is 4.74 Å². The smallest absolute Gasteiger partial charge is 0.126 e. The summed E-state index contributed by atoms with van der Waals surface area (Å²) < 4.78 is 7.42. The Kier molecular flexibility index (Phi) is 4.78. The first-order valence-electron chi connectivity index (χ1n) is 4.01. The molecule has 1 nitrogen and oxygen atoms in total. The number of methoxy groups -OCH3 is 1. The van der Waals surface area contributed by atoms with Gasteiger partial charge in [-0.05, 0) is 6.92 Å². The monoisotopic (exact) mass is 402 g/mol. The van der Waals surface area contributed by atoms with Crippen molar-refractivity contribution < 1.29 is 4.74 Å². The van der Waals surface area contributed by atoms with Crippen LogP contribution in [0.4, 0.5) is 0 Å². The summed E-state index contributed by atoms with van der Waals surface area (Å²) in [5, 5.41) is 0. The maximum Gasteiger partial charge on any atom is 0.126 e. The maximum atomic E-state index is 5.40. The van der Waals surface area contributed by atoms with Gasteiger partial charge in [0.25, 0.3) is 0 Å². The van der Waals surface area contributed by atoms with Crippen molar-refractivity contribution >= 4 is 45.2 Å². The molecule has 0 aliphatic heterocycles. The highest BCUT2D eigenvalue weighted by Gasteiger charge is 2.07. The van der Waals surface area contributed by atoms with Crippen LogP contribution in [-0.2, 0) is 8.86 Å². The zero-order chi connectivity index (χ0) is 9.84. The highest BCUT2D eigenvalue weighted by atomic mass is 127. The molecule has 1 rings (SSSR count). The fraction of sp³-hybridized carbons (Fsp3) is 0.400. The molecule has 72 valence electrons. The van der Waals surface area contributed by atoms with Gasteiger partial charge in [0.15, 0.2) is 0 Å². The summed E-state index contributed by atoms with van der Waals surface area (Å²) >= 11 is 4.74. The van der Waals surface area contributed by atoms with E-state index in [0.717, 1.165) is 14.6 Å². The SMILES string of the molecule is COc1c(CI)cc(C)cc1CI. The quantitative estimate of drug-likeness (QED) is 0.551. The van der Waals surface area contributed by atoms with Crippen molar-refractivity contribution in [1.29, 1.82) is 0 Å². The Morgan fingerprint density at radius 1 is 1.15 bits per heavy atom. The molecule has 0 saturated carbocycles. The van der Waals surface area contributed by atoms with Crippen LogP contribution in [0.25, 0.3) is 0 Å². The molecule has 0 amide bonds. The average molecular weight is 402 g/mol. The van der Waals surface area contributed by atoms with Crippen molar-refractivity contribution in [2.24, 2.45) is 0 Å². The van der Waals surface area contributed by atoms with Crippen LogP contribution in [0.15, 0.2) is 12.1 Å². The lowest BCUT2D eigenvalue weighted by atomic mass is 10.1. The Hall–Kier alpha value is 0.480. The predicted molar refractivity (Wildman–Crippen MR) is 73.2 cm³/mol. The maximum absolute atomic E-state index is 5.40. The van der Waals surface area contributed by atoms with E-state index in [1.165, 1.54) is 16.7 Å². The van der Waals surface area contributed by atoms with Gasteiger partial charge in [0, 0.05) is 20.0 Å². The molecule has 0 aliphatic carbocycles. The molecule has 1 aromatic carbocycles. The molecule has 0 heterocycles. The van der Waals surface area contributed by atoms with Gasteiger partial charge >= 0.3 is 0 Å². The zero-order valence-corrected chi connectivity index (χ0v) is 12.0. The number of aryl methyl sites for hydroxylation is 1. The molecule has 1 aromatic rings. The lowest BCUT2D eigenvalue weighted by Gasteiger charge is -2.11. The van der Waals surface area contributed by atoms with Crippen molar-refractivity contribution in [3.05, 3.63) is 28.8 Å². The molecular formula is C10H12I2O. The lowest BCUT2D eigenvalue weighted by molar-refractivity contribution is 0.408. The molecule has 0 N–H and O–H groups in total. The van der Waals surface area contributed by atoms with Crippen LogP contribution in [0.1, 0.15) is 16.7 Å². The Labute approximate surface area is 107 Å². The Bertz CT molecular complexity index is 272. The highest BCUT2D eigenvalue weighted by molar-refractivity contribution is 14.1. The van der Waals surface area contributed by atoms with E-state index in [-0.39, 0.29) is 0 Å². The fourth-order valence-electron chi connectivity index (χ4n) is 1.39. The number of rotatable bonds is 3. The first-order chi connectivity index (χ1) is 6.22. The first kappa shape index (κ1) is 11.6. The molecule has 0 atom stereocenters. The van der Waals surface area contributed by atoms with Gasteiger partial charge in [-0.2, -0.15) is 0 Å². The van der Waals surface area contributed by atoms with Crippen LogP contribution >= 0.6 is 45.2 Å². The Morgan fingerprint density at radius 3 is 1.92 bits per heavy atom. The molecule has 0 fully saturated rings. The van der Waals surface area contributed by atoms with Gasteiger partial charge in [-0.1, -0.05) is 62.9 Å². The van der Waals surface area contributed by atoms with Crippen LogP contribution < -0.4 is 4.74 Å². The second-order valence-electron chi connectivity index (χ2n) is 2.88. The van der Waals surface area contributed by atoms with Gasteiger partial charge in [0.1, 0.15) is 5.75 Å². The zero-order valence-electron chi connectivity index (χ0n) is 7.73. The molecule has 13 heavy (non-hydrogen) atoms. The van der Waals surface area contributed by atoms with E-state index < -0.39 is 0 Å². The van der Waals surface area contributed by atoms with Crippen molar-refractivity contribution in [1.82, 2.24) is 0 Å². The summed E-state index contributed by atoms with van der Waals surface area (Å²) in [4.78, 5) is 0. The standard InChI is InChI=1S/C10H12I2O/c1-7-3-8(5-11)10(13-2)9(4-7)6-12/h3-4H,5-6H2,1-2H3. The molecule has 0 aromatic heterocycles. The van der Waals surface area contributed by atoms with Gasteiger partial charge in [-0.3, -0.25) is 0 Å². The molecule has 0 spiro atoms. The van der Waals surface area contributed by atoms with Gasteiger partial charge in [-0.15, -0.1) is 0 Å². The van der Waals surface area contributed by atoms with Crippen LogP contribution in [0.5, 0.6) is 5.75 Å². The van der Waals surface area contributed by atoms with Crippen molar-refractivity contribution in [2.45, 2.75) is 15.8 Å². The van der Waals surface area contributed by atoms with E-state index in [1.54, 1.807) is 7.11 Å². The van der Waals surface area contributed by atoms with Crippen molar-refractivity contribution in [3.8, 4) is 5.75 Å². The fourth-order valence-corrected chi connectivity index (χ4v) is 2.52. The van der Waals surface area contributed by atoms with Gasteiger partial charge in [0.2, 0.25) is 0 Å². The van der Waals surface area contributed by atoms with E-state index in [2.05, 4.69) is 64.2 Å². The van der Waals surface area contributed by atoms with Gasteiger partial charge in [-0.25, -0.2) is 0 Å². The third kappa shape index (κ3) is 2.71. The normalized spacial score (nSPS) is 10.2. The van der Waals surface area contributed by atoms with Gasteiger partial charge in [0.05, 0.1) is 7.11 Å². The Balaban J connectivity index is 3.25. The van der Waals surface area contributed by atoms with Crippen molar-refractivity contribution in [3.63, 3.8) is 0 Å². The third-order valence-corrected chi connectivity index (χ3v) is 3.52. The van der Waals surface area contributed by atoms with E-state index >= 15 is 0 Å². The molecule has 0 radical (unpaired) electrons. The first-order valence-corrected chi connectivity index (χ1v) is 7.06. The minimum atomic E-state index is 1.01. The summed E-state index contributed by atoms with van der Waals surface area (Å²) in [5.41, 5.74) is 3.92. The topological polar surface area (TPSA) is 9.23 Å². The van der Waals surface area contributed by atoms with Crippen LogP contribution in [-0.4, -0.2) is 7.11 Å². The van der Waals surface area contributed by atoms with E-state index in [1.807, 2.05) is 0 Å². The molecule has 0 bridgehead atoms. The van der Waals surface area contributed by atoms with Crippen LogP contribution in [0.3, 0.4) is 0 Å². The summed E-state index contributed by atoms with van der Waals surface area (Å²) in [6.45, 7) is 2.13. The second kappa shape index (κ2) is 5.38. The summed E-state index contributed by atoms with van der Waals surface area (Å²) in [6.07, 6.45) is 0. The van der Waals surface area contributed by atoms with Crippen LogP contribution in [0, 0.1) is 6.92 Å². The van der Waals surface area contributed by atoms with E-state index in [0.29, 0.717) is 0 Å². The third-order valence-electron chi connectivity index (χ3n) is 1.88. The molecule has 0 saturated heterocycles. The summed E-state index contributed by atoms with van der Waals surface area (Å²) in [6, 6.07) is 4.39. The number of benzene rings is 1. The number of alkyl halides is 2. The molecule has 3 heteroatoms. The summed E-state index contributed by atoms with van der Waals surface area (Å²) in [7, 11) is 1.75. The van der Waals surface area contributed by atoms with E-state index in [9.17, 15) is 0 Å². The Morgan fingerprint density at radius 2 is 1.62 bits per heavy atom. The molecule has 0 aliphatic rings. The van der Waals surface area contributed by atoms with Crippen molar-refractivity contribution in [2.75, 3.05) is 7.11 Å². The van der Waals surface area contributed by atoms with Gasteiger partial charge < -0.3 is 4.74 Å². The predicted octanol–water partition coefficient (Wildman–Crippen LogP) is 3.87. The highest BCUT2D eigenvalue weighted by Crippen LogP contribution is 2.29. The lowest BCUT2D eigenvalue weighted by Crippen LogP contribution is -1.95. The second-order valence-corrected chi connectivity index (χ2v) is 4.41. The average Bonchev–Trinajstić information content (AvgIpc) is 2.16. The molecule has 0 unspecified atom stereocenters. The number of halogens is 2. The number of hydrogen-bond donors (Lipinski definition) is 0. The largest absolute Gasteiger partial charge is 0.496 e.